The molecule has 0 saturated carbocycles. The van der Waals surface area contributed by atoms with E-state index in [1.54, 1.807) is 0 Å². The minimum absolute atomic E-state index is 0.00233. The van der Waals surface area contributed by atoms with Gasteiger partial charge in [0.25, 0.3) is 0 Å². The quantitative estimate of drug-likeness (QED) is 0.177. The fraction of sp³-hybridized carbons (Fsp3) is 0.143. The van der Waals surface area contributed by atoms with Crippen molar-refractivity contribution >= 4 is 56.7 Å². The van der Waals surface area contributed by atoms with Crippen LogP contribution in [0.25, 0.3) is 33.1 Å². The summed E-state index contributed by atoms with van der Waals surface area (Å²) < 4.78 is 13.6. The zero-order valence-corrected chi connectivity index (χ0v) is 35.1. The highest BCUT2D eigenvalue weighted by atomic mass is 35.5. The molecule has 0 fully saturated rings. The van der Waals surface area contributed by atoms with Crippen molar-refractivity contribution in [3.8, 4) is 22.6 Å². The largest absolute Gasteiger partial charge is 0.457 e. The third-order valence-electron chi connectivity index (χ3n) is 14.1. The first-order chi connectivity index (χ1) is 30.1. The first-order valence-electron chi connectivity index (χ1n) is 21.4. The molecule has 0 saturated heterocycles. The second-order valence-electron chi connectivity index (χ2n) is 17.1. The number of hydrogen-bond donors (Lipinski definition) is 0. The van der Waals surface area contributed by atoms with Gasteiger partial charge < -0.3 is 14.1 Å². The average molecular weight is 826 g/mol. The van der Waals surface area contributed by atoms with E-state index < -0.39 is 5.41 Å². The third-order valence-corrected chi connectivity index (χ3v) is 15.7. The number of nitrogens with zero attached hydrogens (tertiary/aromatic N) is 1. The van der Waals surface area contributed by atoms with Crippen LogP contribution < -0.4 is 9.64 Å². The summed E-state index contributed by atoms with van der Waals surface area (Å²) in [6.07, 6.45) is 18.6. The van der Waals surface area contributed by atoms with Gasteiger partial charge in [-0.25, -0.2) is 0 Å². The van der Waals surface area contributed by atoms with E-state index in [1.165, 1.54) is 49.0 Å². The van der Waals surface area contributed by atoms with Crippen LogP contribution in [-0.2, 0) is 5.41 Å². The average Bonchev–Trinajstić information content (AvgIpc) is 3.96. The topological polar surface area (TPSA) is 25.6 Å². The van der Waals surface area contributed by atoms with Gasteiger partial charge in [0.05, 0.1) is 11.1 Å². The number of halogens is 1. The van der Waals surface area contributed by atoms with E-state index in [2.05, 4.69) is 188 Å². The summed E-state index contributed by atoms with van der Waals surface area (Å²) >= 11 is 9.09. The molecule has 5 heteroatoms. The lowest BCUT2D eigenvalue weighted by Crippen LogP contribution is -2.37. The van der Waals surface area contributed by atoms with Crippen LogP contribution in [0.5, 0.6) is 11.5 Å². The molecular weight excluding hydrogens is 786 g/mol. The number of ether oxygens (including phenoxy) is 1. The molecule has 7 aromatic rings. The van der Waals surface area contributed by atoms with Gasteiger partial charge in [-0.2, -0.15) is 0 Å². The third kappa shape index (κ3) is 5.01. The Kier molecular flexibility index (Phi) is 7.81. The molecule has 1 spiro atoms. The smallest absolute Gasteiger partial charge is 0.138 e. The summed E-state index contributed by atoms with van der Waals surface area (Å²) in [7, 11) is 0. The Hall–Kier alpha value is -6.20. The summed E-state index contributed by atoms with van der Waals surface area (Å²) in [5.41, 5.74) is 13.5. The fourth-order valence-corrected chi connectivity index (χ4v) is 13.3. The minimum atomic E-state index is -0.551. The molecule has 0 N–H and O–H groups in total. The standard InChI is InChI=1S/C56H40ClNO2S/c1-33-45(28-29-52-53(33)39-17-6-12-25-51(39)61-52)58(36-31-40(34-14-3-2-4-15-34)54-38-16-5-9-22-47(38)59-50(54)32-36)46-21-13-20-43-55(46)37-27-26-35(57)30-44(37)56(43)41-18-7-10-23-48(41)60-49-24-11-8-19-42(49)56/h2-11,13-24,26-33,37,44,53H,12,25H2,1H3. The maximum absolute atomic E-state index is 7.09. The van der Waals surface area contributed by atoms with E-state index in [0.29, 0.717) is 5.92 Å². The van der Waals surface area contributed by atoms with Crippen molar-refractivity contribution in [3.63, 3.8) is 0 Å². The van der Waals surface area contributed by atoms with Crippen molar-refractivity contribution in [1.29, 1.82) is 0 Å². The minimum Gasteiger partial charge on any atom is -0.457 e. The number of thioether (sulfide) groups is 1. The molecule has 6 aromatic carbocycles. The highest BCUT2D eigenvalue weighted by Gasteiger charge is 2.58. The van der Waals surface area contributed by atoms with E-state index in [0.717, 1.165) is 68.1 Å². The summed E-state index contributed by atoms with van der Waals surface area (Å²) in [4.78, 5) is 5.57. The first kappa shape index (κ1) is 35.5. The molecule has 4 atom stereocenters. The van der Waals surface area contributed by atoms with Crippen molar-refractivity contribution in [2.75, 3.05) is 4.90 Å². The van der Waals surface area contributed by atoms with Crippen LogP contribution in [0.1, 0.15) is 47.9 Å². The molecule has 294 valence electrons. The summed E-state index contributed by atoms with van der Waals surface area (Å²) in [6.45, 7) is 2.44. The zero-order valence-electron chi connectivity index (χ0n) is 33.5. The Morgan fingerprint density at radius 2 is 1.51 bits per heavy atom. The summed E-state index contributed by atoms with van der Waals surface area (Å²) in [5.74, 6) is 2.30. The van der Waals surface area contributed by atoms with E-state index in [4.69, 9.17) is 20.8 Å². The normalized spacial score (nSPS) is 22.4. The number of allylic oxidation sites excluding steroid dienone is 12. The van der Waals surface area contributed by atoms with Crippen LogP contribution in [0.4, 0.5) is 11.4 Å². The maximum Gasteiger partial charge on any atom is 0.138 e. The Labute approximate surface area is 364 Å². The molecule has 4 unspecified atom stereocenters. The number of hydrogen-bond acceptors (Lipinski definition) is 4. The summed E-state index contributed by atoms with van der Waals surface area (Å²) in [5, 5.41) is 3.02. The lowest BCUT2D eigenvalue weighted by molar-refractivity contribution is 0.374. The first-order valence-corrected chi connectivity index (χ1v) is 22.6. The number of benzene rings is 6. The fourth-order valence-electron chi connectivity index (χ4n) is 11.7. The molecule has 0 bridgehead atoms. The molecule has 3 heterocycles. The van der Waals surface area contributed by atoms with Gasteiger partial charge in [0, 0.05) is 68.1 Å². The Bertz CT molecular complexity index is 3170. The monoisotopic (exact) mass is 825 g/mol. The van der Waals surface area contributed by atoms with Crippen LogP contribution in [0, 0.1) is 17.8 Å². The van der Waals surface area contributed by atoms with Gasteiger partial charge >= 0.3 is 0 Å². The van der Waals surface area contributed by atoms with E-state index in [1.807, 2.05) is 11.8 Å². The summed E-state index contributed by atoms with van der Waals surface area (Å²) in [6, 6.07) is 48.2. The second-order valence-corrected chi connectivity index (χ2v) is 18.7. The van der Waals surface area contributed by atoms with E-state index >= 15 is 0 Å². The van der Waals surface area contributed by atoms with Gasteiger partial charge in [0.2, 0.25) is 0 Å². The Morgan fingerprint density at radius 1 is 0.754 bits per heavy atom. The molecule has 6 aliphatic rings. The molecule has 61 heavy (non-hydrogen) atoms. The molecule has 4 aliphatic carbocycles. The predicted octanol–water partition coefficient (Wildman–Crippen LogP) is 15.6. The van der Waals surface area contributed by atoms with E-state index in [9.17, 15) is 0 Å². The lowest BCUT2D eigenvalue weighted by atomic mass is 9.62. The molecule has 2 aliphatic heterocycles. The van der Waals surface area contributed by atoms with Crippen molar-refractivity contribution in [1.82, 2.24) is 0 Å². The maximum atomic E-state index is 7.09. The Morgan fingerprint density at radius 3 is 2.34 bits per heavy atom. The highest BCUT2D eigenvalue weighted by Crippen LogP contribution is 2.67. The number of para-hydroxylation sites is 3. The number of rotatable bonds is 4. The molecule has 0 amide bonds. The highest BCUT2D eigenvalue weighted by molar-refractivity contribution is 8.07. The van der Waals surface area contributed by atoms with Gasteiger partial charge in [0.15, 0.2) is 0 Å². The molecule has 3 nitrogen and oxygen atoms in total. The van der Waals surface area contributed by atoms with Gasteiger partial charge in [-0.1, -0.05) is 152 Å². The second kappa shape index (κ2) is 13.4. The van der Waals surface area contributed by atoms with Gasteiger partial charge in [0.1, 0.15) is 22.7 Å². The van der Waals surface area contributed by atoms with Crippen molar-refractivity contribution < 1.29 is 9.15 Å². The van der Waals surface area contributed by atoms with Gasteiger partial charge in [-0.3, -0.25) is 0 Å². The van der Waals surface area contributed by atoms with Crippen LogP contribution in [0.3, 0.4) is 0 Å². The number of anilines is 2. The van der Waals surface area contributed by atoms with E-state index in [-0.39, 0.29) is 17.8 Å². The van der Waals surface area contributed by atoms with Crippen molar-refractivity contribution in [3.05, 3.63) is 224 Å². The van der Waals surface area contributed by atoms with Crippen molar-refractivity contribution in [2.45, 2.75) is 31.1 Å². The molecule has 0 radical (unpaired) electrons. The van der Waals surface area contributed by atoms with Gasteiger partial charge in [-0.05, 0) is 99.0 Å². The molecule has 1 aromatic heterocycles. The molecule has 13 rings (SSSR count). The Balaban J connectivity index is 1.12. The van der Waals surface area contributed by atoms with Crippen LogP contribution in [0.2, 0.25) is 0 Å². The van der Waals surface area contributed by atoms with Crippen molar-refractivity contribution in [2.24, 2.45) is 17.8 Å². The molecular formula is C56H40ClNO2S. The van der Waals surface area contributed by atoms with Crippen LogP contribution >= 0.6 is 23.4 Å². The lowest BCUT2D eigenvalue weighted by Gasteiger charge is -2.43. The van der Waals surface area contributed by atoms with Crippen LogP contribution in [-0.4, -0.2) is 0 Å². The number of fused-ring (bicyclic) bond motifs is 14. The predicted molar refractivity (Wildman–Crippen MR) is 252 cm³/mol. The number of furan rings is 1. The van der Waals surface area contributed by atoms with Gasteiger partial charge in [-0.15, -0.1) is 0 Å². The SMILES string of the molecule is CC1C(N(c2cc(-c3ccccc3)c3c(c2)oc2ccccc23)c2cccc3c2C2C=CC(Cl)=CC2C32c3ccccc3Oc3ccccc32)=CC=C2SC3=C(C=CCC3)C21. The van der Waals surface area contributed by atoms with Crippen LogP contribution in [0.15, 0.2) is 207 Å². The zero-order chi connectivity index (χ0) is 40.4.